The minimum Gasteiger partial charge on any atom is -0.616 e. The number of esters is 1. The molecule has 0 atom stereocenters. The van der Waals surface area contributed by atoms with E-state index in [-0.39, 0.29) is 23.8 Å². The normalized spacial score (nSPS) is 19.6. The van der Waals surface area contributed by atoms with Crippen LogP contribution in [0.3, 0.4) is 0 Å². The molecule has 28 heavy (non-hydrogen) atoms. The summed E-state index contributed by atoms with van der Waals surface area (Å²) in [6.45, 7) is 2.73. The van der Waals surface area contributed by atoms with E-state index >= 15 is 0 Å². The first-order valence-electron chi connectivity index (χ1n) is 8.96. The van der Waals surface area contributed by atoms with Gasteiger partial charge in [0.05, 0.1) is 19.7 Å². The second-order valence-corrected chi connectivity index (χ2v) is 8.02. The molecule has 1 saturated heterocycles. The number of aromatic amines is 1. The lowest BCUT2D eigenvalue weighted by Crippen LogP contribution is -2.40. The van der Waals surface area contributed by atoms with Crippen molar-refractivity contribution in [3.63, 3.8) is 0 Å². The quantitative estimate of drug-likeness (QED) is 0.356. The number of carbonyl (C=O) groups excluding carboxylic acids is 2. The van der Waals surface area contributed by atoms with Gasteiger partial charge >= 0.3 is 5.97 Å². The van der Waals surface area contributed by atoms with E-state index in [1.54, 1.807) is 36.4 Å². The second-order valence-electron chi connectivity index (χ2n) is 6.32. The Hall–Kier alpha value is -2.78. The fourth-order valence-corrected chi connectivity index (χ4v) is 4.25. The predicted octanol–water partition coefficient (Wildman–Crippen LogP) is 1.34. The molecule has 0 saturated carbocycles. The Morgan fingerprint density at radius 1 is 1.46 bits per heavy atom. The van der Waals surface area contributed by atoms with Crippen LogP contribution in [0.4, 0.5) is 0 Å². The van der Waals surface area contributed by atoms with Crippen molar-refractivity contribution in [2.24, 2.45) is 0 Å². The van der Waals surface area contributed by atoms with Crippen LogP contribution in [0.25, 0.3) is 17.1 Å². The molecule has 0 spiro atoms. The van der Waals surface area contributed by atoms with E-state index in [0.29, 0.717) is 30.2 Å². The molecule has 9 heteroatoms. The molecule has 2 aromatic heterocycles. The van der Waals surface area contributed by atoms with Crippen LogP contribution in [-0.4, -0.2) is 62.4 Å². The summed E-state index contributed by atoms with van der Waals surface area (Å²) in [4.78, 5) is 34.4. The summed E-state index contributed by atoms with van der Waals surface area (Å²) in [5, 5.41) is 0.839. The van der Waals surface area contributed by atoms with Gasteiger partial charge < -0.3 is 23.9 Å². The fourth-order valence-electron chi connectivity index (χ4n) is 3.20. The number of allylic oxidation sites excluding steroid dienone is 1. The number of pyridine rings is 1. The predicted molar refractivity (Wildman–Crippen MR) is 103 cm³/mol. The van der Waals surface area contributed by atoms with Crippen molar-refractivity contribution in [2.45, 2.75) is 6.92 Å². The van der Waals surface area contributed by atoms with Gasteiger partial charge in [0.25, 0.3) is 0 Å². The average Bonchev–Trinajstić information content (AvgIpc) is 3.25. The van der Waals surface area contributed by atoms with Gasteiger partial charge in [0.15, 0.2) is 11.3 Å². The summed E-state index contributed by atoms with van der Waals surface area (Å²) in [7, 11) is 0. The Balaban J connectivity index is 1.69. The van der Waals surface area contributed by atoms with E-state index in [0.717, 1.165) is 10.9 Å². The molecule has 2 aromatic rings. The molecular weight excluding hydrogens is 382 g/mol. The first-order valence-corrected chi connectivity index (χ1v) is 10.4. The number of Topliss-reactive ketones (excluding diaryl/α,β-unsaturated/α-hetero) is 1. The number of hydrogen-bond donors (Lipinski definition) is 1. The Labute approximate surface area is 164 Å². The highest BCUT2D eigenvalue weighted by Gasteiger charge is 2.40. The van der Waals surface area contributed by atoms with Crippen LogP contribution >= 0.6 is 0 Å². The minimum absolute atomic E-state index is 0.0505. The second kappa shape index (κ2) is 7.69. The summed E-state index contributed by atoms with van der Waals surface area (Å²) in [5.74, 6) is -0.0651. The van der Waals surface area contributed by atoms with Crippen LogP contribution in [0.5, 0.6) is 0 Å². The minimum atomic E-state index is -0.892. The highest BCUT2D eigenvalue weighted by Crippen LogP contribution is 2.31. The molecule has 0 unspecified atom stereocenters. The number of nitrogens with one attached hydrogen (secondary N) is 1. The number of fused-ring (bicyclic) bond motifs is 1. The molecule has 1 fully saturated rings. The lowest BCUT2D eigenvalue weighted by Gasteiger charge is -2.29. The zero-order chi connectivity index (χ0) is 19.7. The van der Waals surface area contributed by atoms with Gasteiger partial charge in [-0.25, -0.2) is 9.78 Å². The van der Waals surface area contributed by atoms with Gasteiger partial charge in [-0.3, -0.25) is 4.79 Å². The molecule has 2 aliphatic rings. The maximum atomic E-state index is 12.9. The van der Waals surface area contributed by atoms with E-state index in [1.807, 2.05) is 6.07 Å². The Kier molecular flexibility index (Phi) is 5.10. The molecule has 0 radical (unpaired) electrons. The molecule has 0 bridgehead atoms. The lowest BCUT2D eigenvalue weighted by molar-refractivity contribution is -0.139. The van der Waals surface area contributed by atoms with E-state index in [1.165, 1.54) is 0 Å². The van der Waals surface area contributed by atoms with Crippen LogP contribution in [0.15, 0.2) is 41.7 Å². The standard InChI is InChI=1S/C19H19N3O5S/c1-2-26-19(24)15-16(23)14(27-18(15)22-6-8-28(25)9-7-22)10-12-11-21-17-13(12)4-3-5-20-17/h3-5,10-11H,2,6-9H2,1H3,(H,20,21)/b14-10-. The van der Waals surface area contributed by atoms with Crippen molar-refractivity contribution in [1.82, 2.24) is 14.9 Å². The van der Waals surface area contributed by atoms with Crippen LogP contribution in [0.2, 0.25) is 0 Å². The van der Waals surface area contributed by atoms with Crippen LogP contribution < -0.4 is 0 Å². The number of ether oxygens (including phenoxy) is 2. The Morgan fingerprint density at radius 2 is 2.25 bits per heavy atom. The summed E-state index contributed by atoms with van der Waals surface area (Å²) in [6, 6.07) is 3.68. The van der Waals surface area contributed by atoms with E-state index < -0.39 is 22.9 Å². The molecule has 0 aromatic carbocycles. The first-order chi connectivity index (χ1) is 13.6. The van der Waals surface area contributed by atoms with Gasteiger partial charge in [0.2, 0.25) is 11.7 Å². The number of aromatic nitrogens is 2. The first kappa shape index (κ1) is 18.6. The van der Waals surface area contributed by atoms with Gasteiger partial charge in [-0.1, -0.05) is 11.2 Å². The average molecular weight is 401 g/mol. The van der Waals surface area contributed by atoms with Crippen molar-refractivity contribution in [2.75, 3.05) is 31.2 Å². The molecular formula is C19H19N3O5S. The summed E-state index contributed by atoms with van der Waals surface area (Å²) in [6.07, 6.45) is 5.00. The summed E-state index contributed by atoms with van der Waals surface area (Å²) in [5.41, 5.74) is 1.31. The van der Waals surface area contributed by atoms with E-state index in [9.17, 15) is 14.1 Å². The van der Waals surface area contributed by atoms with Crippen molar-refractivity contribution in [1.29, 1.82) is 0 Å². The van der Waals surface area contributed by atoms with Crippen molar-refractivity contribution in [3.05, 3.63) is 47.3 Å². The van der Waals surface area contributed by atoms with Crippen LogP contribution in [0.1, 0.15) is 12.5 Å². The monoisotopic (exact) mass is 401 g/mol. The molecule has 0 aliphatic carbocycles. The molecule has 1 N–H and O–H groups in total. The van der Waals surface area contributed by atoms with E-state index in [2.05, 4.69) is 9.97 Å². The fraction of sp³-hybridized carbons (Fsp3) is 0.316. The molecule has 8 nitrogen and oxygen atoms in total. The maximum Gasteiger partial charge on any atom is 0.347 e. The summed E-state index contributed by atoms with van der Waals surface area (Å²) >= 11 is -0.892. The zero-order valence-electron chi connectivity index (χ0n) is 15.3. The highest BCUT2D eigenvalue weighted by molar-refractivity contribution is 7.91. The Morgan fingerprint density at radius 3 is 3.00 bits per heavy atom. The number of rotatable bonds is 4. The number of hydrogen-bond acceptors (Lipinski definition) is 7. The topological polar surface area (TPSA) is 108 Å². The van der Waals surface area contributed by atoms with Gasteiger partial charge in [-0.05, 0) is 25.1 Å². The van der Waals surface area contributed by atoms with Crippen LogP contribution in [-0.2, 0) is 30.2 Å². The number of carbonyl (C=O) groups is 2. The largest absolute Gasteiger partial charge is 0.616 e. The third-order valence-corrected chi connectivity index (χ3v) is 5.86. The van der Waals surface area contributed by atoms with Gasteiger partial charge in [0.1, 0.15) is 17.2 Å². The van der Waals surface area contributed by atoms with Gasteiger partial charge in [-0.2, -0.15) is 0 Å². The summed E-state index contributed by atoms with van der Waals surface area (Å²) < 4.78 is 22.6. The van der Waals surface area contributed by atoms with E-state index in [4.69, 9.17) is 9.47 Å². The third kappa shape index (κ3) is 3.38. The molecule has 0 amide bonds. The smallest absolute Gasteiger partial charge is 0.347 e. The van der Waals surface area contributed by atoms with Crippen molar-refractivity contribution in [3.8, 4) is 0 Å². The molecule has 4 heterocycles. The zero-order valence-corrected chi connectivity index (χ0v) is 16.1. The third-order valence-electron chi connectivity index (χ3n) is 4.59. The highest BCUT2D eigenvalue weighted by atomic mass is 32.2. The van der Waals surface area contributed by atoms with Crippen molar-refractivity contribution < 1.29 is 23.6 Å². The molecule has 2 aliphatic heterocycles. The van der Waals surface area contributed by atoms with Crippen LogP contribution in [0, 0.1) is 0 Å². The van der Waals surface area contributed by atoms with Crippen molar-refractivity contribution >= 4 is 40.0 Å². The lowest BCUT2D eigenvalue weighted by atomic mass is 10.1. The molecule has 4 rings (SSSR count). The number of H-pyrrole nitrogens is 1. The number of nitrogens with zero attached hydrogens (tertiary/aromatic N) is 2. The molecule has 146 valence electrons. The number of ketones is 1. The maximum absolute atomic E-state index is 12.9. The van der Waals surface area contributed by atoms with Gasteiger partial charge in [0, 0.05) is 23.3 Å². The Bertz CT molecular complexity index is 988. The van der Waals surface area contributed by atoms with Gasteiger partial charge in [-0.15, -0.1) is 0 Å². The SMILES string of the molecule is CCOC(=O)C1=C(N2CC[S+]([O-])CC2)O/C(=C\c2c[nH]c3ncccc23)C1=O.